The van der Waals surface area contributed by atoms with Crippen LogP contribution in [0.25, 0.3) is 0 Å². The zero-order chi connectivity index (χ0) is 22.6. The molecular weight excluding hydrogens is 404 g/mol. The molecule has 6 heteroatoms. The second kappa shape index (κ2) is 12.4. The van der Waals surface area contributed by atoms with E-state index in [1.165, 1.54) is 0 Å². The molecule has 166 valence electrons. The first-order valence-corrected chi connectivity index (χ1v) is 10.8. The average Bonchev–Trinajstić information content (AvgIpc) is 2.83. The zero-order valence-corrected chi connectivity index (χ0v) is 18.2. The van der Waals surface area contributed by atoms with E-state index in [4.69, 9.17) is 9.47 Å². The van der Waals surface area contributed by atoms with Crippen LogP contribution in [0.1, 0.15) is 26.2 Å². The molecule has 0 fully saturated rings. The van der Waals surface area contributed by atoms with E-state index < -0.39 is 6.04 Å². The van der Waals surface area contributed by atoms with Crippen molar-refractivity contribution in [2.24, 2.45) is 0 Å². The summed E-state index contributed by atoms with van der Waals surface area (Å²) >= 11 is 0. The van der Waals surface area contributed by atoms with Crippen LogP contribution in [0.3, 0.4) is 0 Å². The summed E-state index contributed by atoms with van der Waals surface area (Å²) in [6, 6.07) is 19.5. The molecule has 0 saturated carbocycles. The first-order valence-electron chi connectivity index (χ1n) is 10.8. The molecule has 0 bridgehead atoms. The predicted octanol–water partition coefficient (Wildman–Crippen LogP) is 5.80. The van der Waals surface area contributed by atoms with Crippen molar-refractivity contribution in [2.75, 3.05) is 6.61 Å². The molecule has 1 aliphatic carbocycles. The van der Waals surface area contributed by atoms with E-state index in [0.717, 1.165) is 23.4 Å². The van der Waals surface area contributed by atoms with Crippen LogP contribution in [0.2, 0.25) is 0 Å². The lowest BCUT2D eigenvalue weighted by Crippen LogP contribution is -2.21. The molecule has 2 aromatic rings. The Kier molecular flexibility index (Phi) is 8.95. The van der Waals surface area contributed by atoms with Gasteiger partial charge < -0.3 is 9.47 Å². The molecule has 0 aliphatic heterocycles. The standard InChI is InChI=1S/C26H29N2O4/c1-22(32-18-9-11-23-10-8-16-26(20-23)28(29)30)17-19-31-21-27(24-12-4-2-5-13-24)25-14-6-3-7-15-25/h2-7,9-15,17,19,21-22,26H,8,16,18,20H2,1H3/q+1/t22-,26?/m1/s1. The van der Waals surface area contributed by atoms with E-state index in [1.54, 1.807) is 12.7 Å². The van der Waals surface area contributed by atoms with Gasteiger partial charge in [0.25, 0.3) is 0 Å². The SMILES string of the molecule is C[C@H](C=COC=[N+](c1ccccc1)c1ccccc1)OCC=CC1=CCCC([N+](=O)[O-])C1. The van der Waals surface area contributed by atoms with Crippen molar-refractivity contribution in [1.82, 2.24) is 4.58 Å². The Balaban J connectivity index is 1.49. The molecule has 0 aromatic heterocycles. The van der Waals surface area contributed by atoms with E-state index >= 15 is 0 Å². The molecule has 0 radical (unpaired) electrons. The monoisotopic (exact) mass is 433 g/mol. The quantitative estimate of drug-likeness (QED) is 0.119. The minimum atomic E-state index is -0.470. The van der Waals surface area contributed by atoms with Crippen molar-refractivity contribution in [3.05, 3.63) is 107 Å². The van der Waals surface area contributed by atoms with Gasteiger partial charge in [0, 0.05) is 42.0 Å². The van der Waals surface area contributed by atoms with Gasteiger partial charge in [0.05, 0.1) is 19.0 Å². The third kappa shape index (κ3) is 7.32. The van der Waals surface area contributed by atoms with Crippen molar-refractivity contribution in [2.45, 2.75) is 38.3 Å². The molecule has 0 saturated heterocycles. The van der Waals surface area contributed by atoms with Crippen molar-refractivity contribution in [1.29, 1.82) is 0 Å². The second-order valence-electron chi connectivity index (χ2n) is 7.55. The molecule has 2 aromatic carbocycles. The number of rotatable bonds is 10. The summed E-state index contributed by atoms with van der Waals surface area (Å²) < 4.78 is 13.4. The van der Waals surface area contributed by atoms with Crippen LogP contribution in [0.4, 0.5) is 11.4 Å². The van der Waals surface area contributed by atoms with Crippen LogP contribution in [-0.2, 0) is 9.47 Å². The summed E-state index contributed by atoms with van der Waals surface area (Å²) in [5, 5.41) is 11.0. The molecule has 1 unspecified atom stereocenters. The van der Waals surface area contributed by atoms with Crippen molar-refractivity contribution >= 4 is 17.8 Å². The van der Waals surface area contributed by atoms with E-state index in [1.807, 2.05) is 90.4 Å². The Hall–Kier alpha value is -3.51. The van der Waals surface area contributed by atoms with Gasteiger partial charge >= 0.3 is 6.40 Å². The number of hydrogen-bond acceptors (Lipinski definition) is 4. The first-order chi connectivity index (χ1) is 15.6. The number of nitro groups is 1. The van der Waals surface area contributed by atoms with Crippen LogP contribution < -0.4 is 4.58 Å². The van der Waals surface area contributed by atoms with Gasteiger partial charge in [0.2, 0.25) is 17.4 Å². The molecule has 2 atom stereocenters. The Bertz CT molecular complexity index is 940. The van der Waals surface area contributed by atoms with E-state index in [9.17, 15) is 10.1 Å². The number of benzene rings is 2. The van der Waals surface area contributed by atoms with Crippen LogP contribution in [-0.4, -0.2) is 30.1 Å². The summed E-state index contributed by atoms with van der Waals surface area (Å²) in [7, 11) is 0. The first kappa shape index (κ1) is 23.2. The number of nitrogens with zero attached hydrogens (tertiary/aromatic N) is 2. The second-order valence-corrected chi connectivity index (χ2v) is 7.55. The van der Waals surface area contributed by atoms with Crippen LogP contribution >= 0.6 is 0 Å². The minimum absolute atomic E-state index is 0.137. The van der Waals surface area contributed by atoms with Crippen LogP contribution in [0.15, 0.2) is 96.8 Å². The molecule has 0 spiro atoms. The van der Waals surface area contributed by atoms with Crippen molar-refractivity contribution in [3.8, 4) is 0 Å². The molecule has 3 rings (SSSR count). The third-order valence-electron chi connectivity index (χ3n) is 5.13. The van der Waals surface area contributed by atoms with Gasteiger partial charge in [-0.3, -0.25) is 10.1 Å². The molecule has 0 heterocycles. The summed E-state index contributed by atoms with van der Waals surface area (Å²) in [6.45, 7) is 2.36. The van der Waals surface area contributed by atoms with Gasteiger partial charge in [-0.2, -0.15) is 0 Å². The maximum atomic E-state index is 11.0. The number of para-hydroxylation sites is 2. The maximum absolute atomic E-state index is 11.0. The number of hydrogen-bond donors (Lipinski definition) is 0. The highest BCUT2D eigenvalue weighted by Gasteiger charge is 2.23. The maximum Gasteiger partial charge on any atom is 0.340 e. The highest BCUT2D eigenvalue weighted by atomic mass is 16.6. The van der Waals surface area contributed by atoms with Gasteiger partial charge in [-0.25, -0.2) is 0 Å². The summed E-state index contributed by atoms with van der Waals surface area (Å²) in [4.78, 5) is 10.8. The third-order valence-corrected chi connectivity index (χ3v) is 5.13. The Morgan fingerprint density at radius 1 is 1.09 bits per heavy atom. The van der Waals surface area contributed by atoms with E-state index in [-0.39, 0.29) is 11.0 Å². The van der Waals surface area contributed by atoms with Gasteiger partial charge in [-0.15, -0.1) is 4.58 Å². The Morgan fingerprint density at radius 3 is 2.38 bits per heavy atom. The Morgan fingerprint density at radius 2 is 1.75 bits per heavy atom. The van der Waals surface area contributed by atoms with Gasteiger partial charge in [-0.05, 0) is 25.0 Å². The molecule has 1 aliphatic rings. The number of ether oxygens (including phenoxy) is 2. The highest BCUT2D eigenvalue weighted by Crippen LogP contribution is 2.21. The van der Waals surface area contributed by atoms with Crippen LogP contribution in [0, 0.1) is 10.1 Å². The van der Waals surface area contributed by atoms with E-state index in [0.29, 0.717) is 19.4 Å². The van der Waals surface area contributed by atoms with Crippen molar-refractivity contribution < 1.29 is 14.4 Å². The molecule has 0 amide bonds. The van der Waals surface area contributed by atoms with Crippen molar-refractivity contribution in [3.63, 3.8) is 0 Å². The smallest absolute Gasteiger partial charge is 0.340 e. The van der Waals surface area contributed by atoms with Gasteiger partial charge in [0.1, 0.15) is 0 Å². The fourth-order valence-corrected chi connectivity index (χ4v) is 3.40. The van der Waals surface area contributed by atoms with Gasteiger partial charge in [-0.1, -0.05) is 54.6 Å². The fourth-order valence-electron chi connectivity index (χ4n) is 3.40. The summed E-state index contributed by atoms with van der Waals surface area (Å²) in [5.41, 5.74) is 3.00. The van der Waals surface area contributed by atoms with Gasteiger partial charge in [0.15, 0.2) is 0 Å². The fraction of sp³-hybridized carbons (Fsp3) is 0.269. The molecular formula is C26H29N2O4+. The largest absolute Gasteiger partial charge is 0.419 e. The lowest BCUT2D eigenvalue weighted by molar-refractivity contribution is -0.523. The summed E-state index contributed by atoms with van der Waals surface area (Å²) in [6.07, 6.45) is 12.7. The lowest BCUT2D eigenvalue weighted by atomic mass is 9.95. The lowest BCUT2D eigenvalue weighted by Gasteiger charge is -2.14. The van der Waals surface area contributed by atoms with E-state index in [2.05, 4.69) is 6.08 Å². The molecule has 32 heavy (non-hydrogen) atoms. The average molecular weight is 434 g/mol. The topological polar surface area (TPSA) is 64.6 Å². The number of allylic oxidation sites excluding steroid dienone is 2. The highest BCUT2D eigenvalue weighted by molar-refractivity contribution is 5.66. The van der Waals surface area contributed by atoms with Crippen LogP contribution in [0.5, 0.6) is 0 Å². The zero-order valence-electron chi connectivity index (χ0n) is 18.2. The predicted molar refractivity (Wildman–Crippen MR) is 128 cm³/mol. The molecule has 6 nitrogen and oxygen atoms in total. The summed E-state index contributed by atoms with van der Waals surface area (Å²) in [5.74, 6) is 0. The minimum Gasteiger partial charge on any atom is -0.419 e. The molecule has 0 N–H and O–H groups in total. The normalized spacial score (nSPS) is 17.2. The Labute approximate surface area is 189 Å².